The quantitative estimate of drug-likeness (QED) is 0.939. The number of ether oxygens (including phenoxy) is 1. The zero-order valence-corrected chi connectivity index (χ0v) is 12.2. The van der Waals surface area contributed by atoms with Gasteiger partial charge in [-0.1, -0.05) is 36.4 Å². The molecular formula is C18H18FNO2. The minimum atomic E-state index is -0.258. The van der Waals surface area contributed by atoms with Crippen molar-refractivity contribution < 1.29 is 13.9 Å². The number of hydrogen-bond acceptors (Lipinski definition) is 2. The topological polar surface area (TPSA) is 38.3 Å². The van der Waals surface area contributed by atoms with E-state index in [1.54, 1.807) is 18.2 Å². The number of amides is 1. The van der Waals surface area contributed by atoms with Gasteiger partial charge in [0, 0.05) is 18.4 Å². The van der Waals surface area contributed by atoms with Gasteiger partial charge in [-0.15, -0.1) is 0 Å². The van der Waals surface area contributed by atoms with Gasteiger partial charge in [0.05, 0.1) is 12.6 Å². The molecule has 114 valence electrons. The predicted molar refractivity (Wildman–Crippen MR) is 82.2 cm³/mol. The average Bonchev–Trinajstić information content (AvgIpc) is 2.54. The zero-order valence-electron chi connectivity index (χ0n) is 12.2. The fourth-order valence-electron chi connectivity index (χ4n) is 2.71. The number of benzene rings is 2. The van der Waals surface area contributed by atoms with E-state index in [9.17, 15) is 9.18 Å². The van der Waals surface area contributed by atoms with Crippen molar-refractivity contribution in [2.75, 3.05) is 6.61 Å². The Hall–Kier alpha value is -2.36. The van der Waals surface area contributed by atoms with Crippen LogP contribution in [0.3, 0.4) is 0 Å². The molecule has 2 aromatic carbocycles. The summed E-state index contributed by atoms with van der Waals surface area (Å²) in [5, 5.41) is 3.02. The summed E-state index contributed by atoms with van der Waals surface area (Å²) in [6.45, 7) is 0.593. The molecule has 1 aliphatic rings. The predicted octanol–water partition coefficient (Wildman–Crippen LogP) is 3.40. The van der Waals surface area contributed by atoms with Crippen molar-refractivity contribution in [3.05, 3.63) is 65.5 Å². The molecule has 0 aromatic heterocycles. The Labute approximate surface area is 129 Å². The second-order valence-electron chi connectivity index (χ2n) is 5.39. The van der Waals surface area contributed by atoms with Crippen molar-refractivity contribution in [3.8, 4) is 5.75 Å². The van der Waals surface area contributed by atoms with E-state index in [4.69, 9.17) is 4.74 Å². The number of carbonyl (C=O) groups excluding carboxylic acids is 1. The number of fused-ring (bicyclic) bond motifs is 1. The molecule has 22 heavy (non-hydrogen) atoms. The molecule has 0 fully saturated rings. The van der Waals surface area contributed by atoms with E-state index < -0.39 is 0 Å². The van der Waals surface area contributed by atoms with E-state index in [-0.39, 0.29) is 24.2 Å². The normalized spacial score (nSPS) is 16.5. The van der Waals surface area contributed by atoms with Gasteiger partial charge in [-0.25, -0.2) is 4.39 Å². The molecule has 0 saturated heterocycles. The van der Waals surface area contributed by atoms with Crippen molar-refractivity contribution in [2.45, 2.75) is 25.3 Å². The third kappa shape index (κ3) is 3.27. The molecular weight excluding hydrogens is 281 g/mol. The van der Waals surface area contributed by atoms with Gasteiger partial charge >= 0.3 is 0 Å². The number of carbonyl (C=O) groups is 1. The summed E-state index contributed by atoms with van der Waals surface area (Å²) in [5.74, 6) is 0.504. The Morgan fingerprint density at radius 3 is 2.82 bits per heavy atom. The highest BCUT2D eigenvalue weighted by Crippen LogP contribution is 2.31. The second-order valence-corrected chi connectivity index (χ2v) is 5.39. The summed E-state index contributed by atoms with van der Waals surface area (Å²) in [4.78, 5) is 12.1. The standard InChI is InChI=1S/C18H18FNO2/c19-15-7-3-1-5-13(15)9-10-18(21)20-16-11-12-22-17-8-4-2-6-14(16)17/h1-8,16H,9-12H2,(H,20,21)/t16-/m0/s1. The molecule has 1 atom stereocenters. The molecule has 1 aliphatic heterocycles. The van der Waals surface area contributed by atoms with Crippen LogP contribution in [0.15, 0.2) is 48.5 Å². The third-order valence-electron chi connectivity index (χ3n) is 3.87. The third-order valence-corrected chi connectivity index (χ3v) is 3.87. The molecule has 0 aliphatic carbocycles. The van der Waals surface area contributed by atoms with E-state index in [0.29, 0.717) is 18.6 Å². The smallest absolute Gasteiger partial charge is 0.220 e. The fraction of sp³-hybridized carbons (Fsp3) is 0.278. The number of aryl methyl sites for hydroxylation is 1. The van der Waals surface area contributed by atoms with E-state index in [2.05, 4.69) is 5.32 Å². The number of nitrogens with one attached hydrogen (secondary N) is 1. The Morgan fingerprint density at radius 1 is 1.18 bits per heavy atom. The maximum Gasteiger partial charge on any atom is 0.220 e. The summed E-state index contributed by atoms with van der Waals surface area (Å²) < 4.78 is 19.1. The maximum absolute atomic E-state index is 13.5. The van der Waals surface area contributed by atoms with Gasteiger partial charge in [-0.2, -0.15) is 0 Å². The lowest BCUT2D eigenvalue weighted by Gasteiger charge is -2.26. The fourth-order valence-corrected chi connectivity index (χ4v) is 2.71. The summed E-state index contributed by atoms with van der Waals surface area (Å²) in [7, 11) is 0. The highest BCUT2D eigenvalue weighted by atomic mass is 19.1. The van der Waals surface area contributed by atoms with E-state index >= 15 is 0 Å². The Morgan fingerprint density at radius 2 is 1.95 bits per heavy atom. The van der Waals surface area contributed by atoms with E-state index in [0.717, 1.165) is 17.7 Å². The Bertz CT molecular complexity index is 672. The summed E-state index contributed by atoms with van der Waals surface area (Å²) in [5.41, 5.74) is 1.58. The second kappa shape index (κ2) is 6.60. The van der Waals surface area contributed by atoms with Crippen LogP contribution >= 0.6 is 0 Å². The Kier molecular flexibility index (Phi) is 4.37. The van der Waals surface area contributed by atoms with Crippen molar-refractivity contribution in [1.29, 1.82) is 0 Å². The first-order valence-corrected chi connectivity index (χ1v) is 7.48. The molecule has 1 N–H and O–H groups in total. The number of hydrogen-bond donors (Lipinski definition) is 1. The molecule has 0 unspecified atom stereocenters. The molecule has 0 saturated carbocycles. The maximum atomic E-state index is 13.5. The van der Waals surface area contributed by atoms with Gasteiger partial charge in [-0.3, -0.25) is 4.79 Å². The van der Waals surface area contributed by atoms with E-state index in [1.807, 2.05) is 24.3 Å². The Balaban J connectivity index is 1.60. The average molecular weight is 299 g/mol. The van der Waals surface area contributed by atoms with Crippen LogP contribution in [0.2, 0.25) is 0 Å². The molecule has 4 heteroatoms. The van der Waals surface area contributed by atoms with Crippen LogP contribution in [0.25, 0.3) is 0 Å². The monoisotopic (exact) mass is 299 g/mol. The van der Waals surface area contributed by atoms with Crippen LogP contribution < -0.4 is 10.1 Å². The number of halogens is 1. The summed E-state index contributed by atoms with van der Waals surface area (Å²) in [6, 6.07) is 14.3. The summed E-state index contributed by atoms with van der Waals surface area (Å²) in [6.07, 6.45) is 1.44. The van der Waals surface area contributed by atoms with Gasteiger partial charge in [0.2, 0.25) is 5.91 Å². The molecule has 0 radical (unpaired) electrons. The number of rotatable bonds is 4. The zero-order chi connectivity index (χ0) is 15.4. The lowest BCUT2D eigenvalue weighted by molar-refractivity contribution is -0.122. The minimum absolute atomic E-state index is 0.0296. The largest absolute Gasteiger partial charge is 0.493 e. The van der Waals surface area contributed by atoms with Gasteiger partial charge < -0.3 is 10.1 Å². The van der Waals surface area contributed by atoms with Crippen molar-refractivity contribution in [1.82, 2.24) is 5.32 Å². The van der Waals surface area contributed by atoms with Gasteiger partial charge in [0.1, 0.15) is 11.6 Å². The van der Waals surface area contributed by atoms with Gasteiger partial charge in [-0.05, 0) is 24.1 Å². The van der Waals surface area contributed by atoms with Crippen LogP contribution in [0, 0.1) is 5.82 Å². The highest BCUT2D eigenvalue weighted by molar-refractivity contribution is 5.77. The first-order valence-electron chi connectivity index (χ1n) is 7.48. The van der Waals surface area contributed by atoms with Crippen LogP contribution in [-0.2, 0) is 11.2 Å². The van der Waals surface area contributed by atoms with Crippen LogP contribution in [0.5, 0.6) is 5.75 Å². The van der Waals surface area contributed by atoms with Crippen LogP contribution in [0.1, 0.15) is 30.0 Å². The van der Waals surface area contributed by atoms with Gasteiger partial charge in [0.25, 0.3) is 0 Å². The minimum Gasteiger partial charge on any atom is -0.493 e. The highest BCUT2D eigenvalue weighted by Gasteiger charge is 2.22. The van der Waals surface area contributed by atoms with Crippen molar-refractivity contribution in [2.24, 2.45) is 0 Å². The van der Waals surface area contributed by atoms with Crippen LogP contribution in [0.4, 0.5) is 4.39 Å². The molecule has 3 rings (SSSR count). The van der Waals surface area contributed by atoms with Crippen LogP contribution in [-0.4, -0.2) is 12.5 Å². The molecule has 1 amide bonds. The van der Waals surface area contributed by atoms with Gasteiger partial charge in [0.15, 0.2) is 0 Å². The van der Waals surface area contributed by atoms with Crippen molar-refractivity contribution in [3.63, 3.8) is 0 Å². The molecule has 3 nitrogen and oxygen atoms in total. The SMILES string of the molecule is O=C(CCc1ccccc1F)N[C@H]1CCOc2ccccc21. The molecule has 0 bridgehead atoms. The molecule has 1 heterocycles. The molecule has 0 spiro atoms. The lowest BCUT2D eigenvalue weighted by atomic mass is 10.00. The van der Waals surface area contributed by atoms with Crippen molar-refractivity contribution >= 4 is 5.91 Å². The summed E-state index contributed by atoms with van der Waals surface area (Å²) >= 11 is 0. The lowest BCUT2D eigenvalue weighted by Crippen LogP contribution is -2.32. The molecule has 2 aromatic rings. The number of para-hydroxylation sites is 1. The first-order chi connectivity index (χ1) is 10.7. The van der Waals surface area contributed by atoms with E-state index in [1.165, 1.54) is 6.07 Å². The first kappa shape index (κ1) is 14.6.